The lowest BCUT2D eigenvalue weighted by molar-refractivity contribution is -0.161. The summed E-state index contributed by atoms with van der Waals surface area (Å²) in [6.07, 6.45) is 4.71. The van der Waals surface area contributed by atoms with Gasteiger partial charge >= 0.3 is 0 Å². The highest BCUT2D eigenvalue weighted by Gasteiger charge is 2.53. The lowest BCUT2D eigenvalue weighted by atomic mass is 9.80. The summed E-state index contributed by atoms with van der Waals surface area (Å²) in [6.45, 7) is 10.6. The van der Waals surface area contributed by atoms with E-state index in [0.717, 1.165) is 42.5 Å². The van der Waals surface area contributed by atoms with E-state index >= 15 is 0 Å². The molecule has 7 heteroatoms. The fourth-order valence-electron chi connectivity index (χ4n) is 5.51. The molecule has 2 fully saturated rings. The first-order valence-electron chi connectivity index (χ1n) is 12.2. The molecule has 0 saturated carbocycles. The van der Waals surface area contributed by atoms with E-state index in [-0.39, 0.29) is 17.7 Å². The van der Waals surface area contributed by atoms with Gasteiger partial charge in [-0.1, -0.05) is 39.0 Å². The Morgan fingerprint density at radius 3 is 2.52 bits per heavy atom. The van der Waals surface area contributed by atoms with Crippen molar-refractivity contribution in [3.8, 4) is 0 Å². The zero-order valence-electron chi connectivity index (χ0n) is 20.3. The van der Waals surface area contributed by atoms with E-state index in [4.69, 9.17) is 0 Å². The van der Waals surface area contributed by atoms with Gasteiger partial charge in [0.1, 0.15) is 11.6 Å². The molecule has 1 N–H and O–H groups in total. The minimum Gasteiger partial charge on any atom is -0.342 e. The van der Waals surface area contributed by atoms with Gasteiger partial charge in [0.05, 0.1) is 5.52 Å². The molecular weight excluding hydrogens is 416 g/mol. The lowest BCUT2D eigenvalue weighted by Crippen LogP contribution is -2.73. The molecule has 1 spiro atoms. The van der Waals surface area contributed by atoms with Gasteiger partial charge in [-0.3, -0.25) is 23.9 Å². The van der Waals surface area contributed by atoms with Crippen molar-refractivity contribution >= 4 is 28.6 Å². The second-order valence-electron chi connectivity index (χ2n) is 10.0. The maximum absolute atomic E-state index is 13.3. The molecule has 0 aliphatic carbocycles. The Balaban J connectivity index is 1.52. The number of fused-ring (bicyclic) bond motifs is 1. The summed E-state index contributed by atoms with van der Waals surface area (Å²) >= 11 is 0. The van der Waals surface area contributed by atoms with Gasteiger partial charge in [-0.25, -0.2) is 0 Å². The van der Waals surface area contributed by atoms with Gasteiger partial charge in [0.25, 0.3) is 0 Å². The molecule has 33 heavy (non-hydrogen) atoms. The van der Waals surface area contributed by atoms with Gasteiger partial charge in [0, 0.05) is 44.7 Å². The molecule has 0 bridgehead atoms. The third-order valence-electron chi connectivity index (χ3n) is 7.17. The summed E-state index contributed by atoms with van der Waals surface area (Å²) in [5, 5.41) is 4.15. The van der Waals surface area contributed by atoms with E-state index in [1.165, 1.54) is 0 Å². The average molecular weight is 453 g/mol. The van der Waals surface area contributed by atoms with Gasteiger partial charge in [-0.2, -0.15) is 0 Å². The number of carbonyl (C=O) groups is 3. The predicted octanol–water partition coefficient (Wildman–Crippen LogP) is 3.42. The number of hydrogen-bond donors (Lipinski definition) is 1. The molecule has 1 aromatic heterocycles. The maximum atomic E-state index is 13.3. The molecule has 1 aromatic carbocycles. The number of aromatic nitrogens is 1. The van der Waals surface area contributed by atoms with E-state index in [2.05, 4.69) is 37.1 Å². The minimum atomic E-state index is -0.746. The minimum absolute atomic E-state index is 0.00130. The van der Waals surface area contributed by atoms with Crippen LogP contribution in [0.1, 0.15) is 63.7 Å². The Hall–Kier alpha value is -2.67. The molecule has 2 saturated heterocycles. The molecule has 178 valence electrons. The number of piperazine rings is 1. The normalized spacial score (nSPS) is 21.2. The standard InChI is InChI=1S/C26H36N4O3/c1-5-12-30-24(32)22(15-18(2)3)27-25(33)26(30)10-13-28(14-11-26)16-20-17-29(19(4)31)23-9-7-6-8-21(20)23/h6-9,17-18,22H,5,10-16H2,1-4H3,(H,27,33). The SMILES string of the molecule is CCCN1C(=O)C(CC(C)C)NC(=O)C12CCN(Cc1cn(C(C)=O)c3ccccc13)CC2. The molecule has 3 heterocycles. The van der Waals surface area contributed by atoms with Crippen LogP contribution >= 0.6 is 0 Å². The Morgan fingerprint density at radius 2 is 1.88 bits per heavy atom. The van der Waals surface area contributed by atoms with Crippen LogP contribution in [0.5, 0.6) is 0 Å². The van der Waals surface area contributed by atoms with Crippen molar-refractivity contribution in [1.82, 2.24) is 19.7 Å². The highest BCUT2D eigenvalue weighted by molar-refractivity contribution is 6.00. The van der Waals surface area contributed by atoms with Crippen LogP contribution in [0, 0.1) is 5.92 Å². The first kappa shape index (κ1) is 23.5. The smallest absolute Gasteiger partial charge is 0.246 e. The number of piperidine rings is 1. The molecule has 2 aromatic rings. The van der Waals surface area contributed by atoms with Crippen LogP contribution in [0.25, 0.3) is 10.9 Å². The van der Waals surface area contributed by atoms with Crippen LogP contribution in [-0.2, 0) is 16.1 Å². The van der Waals surface area contributed by atoms with E-state index in [0.29, 0.717) is 31.7 Å². The Morgan fingerprint density at radius 1 is 1.18 bits per heavy atom. The van der Waals surface area contributed by atoms with E-state index < -0.39 is 11.6 Å². The Bertz CT molecular complexity index is 1050. The van der Waals surface area contributed by atoms with Crippen LogP contribution in [0.3, 0.4) is 0 Å². The fourth-order valence-corrected chi connectivity index (χ4v) is 5.51. The molecule has 2 amide bonds. The predicted molar refractivity (Wildman–Crippen MR) is 129 cm³/mol. The Labute approximate surface area is 196 Å². The first-order valence-corrected chi connectivity index (χ1v) is 12.2. The number of hydrogen-bond acceptors (Lipinski definition) is 4. The second kappa shape index (κ2) is 9.29. The summed E-state index contributed by atoms with van der Waals surface area (Å²) < 4.78 is 1.71. The quantitative estimate of drug-likeness (QED) is 0.729. The fraction of sp³-hybridized carbons (Fsp3) is 0.577. The molecule has 1 unspecified atom stereocenters. The molecular formula is C26H36N4O3. The molecule has 0 radical (unpaired) electrons. The lowest BCUT2D eigenvalue weighted by Gasteiger charge is -2.51. The van der Waals surface area contributed by atoms with Gasteiger partial charge < -0.3 is 10.2 Å². The zero-order chi connectivity index (χ0) is 23.8. The topological polar surface area (TPSA) is 74.7 Å². The Kier molecular flexibility index (Phi) is 6.61. The molecule has 4 rings (SSSR count). The number of nitrogens with one attached hydrogen (secondary N) is 1. The van der Waals surface area contributed by atoms with Gasteiger partial charge in [0.15, 0.2) is 0 Å². The highest BCUT2D eigenvalue weighted by Crippen LogP contribution is 2.35. The largest absolute Gasteiger partial charge is 0.342 e. The third-order valence-corrected chi connectivity index (χ3v) is 7.17. The van der Waals surface area contributed by atoms with Crippen LogP contribution in [0.15, 0.2) is 30.5 Å². The number of nitrogens with zero attached hydrogens (tertiary/aromatic N) is 3. The van der Waals surface area contributed by atoms with Crippen molar-refractivity contribution in [1.29, 1.82) is 0 Å². The highest BCUT2D eigenvalue weighted by atomic mass is 16.2. The summed E-state index contributed by atoms with van der Waals surface area (Å²) in [5.74, 6) is 0.423. The maximum Gasteiger partial charge on any atom is 0.246 e. The van der Waals surface area contributed by atoms with Crippen molar-refractivity contribution in [2.75, 3.05) is 19.6 Å². The third kappa shape index (κ3) is 4.31. The van der Waals surface area contributed by atoms with Crippen molar-refractivity contribution in [2.45, 2.75) is 71.5 Å². The van der Waals surface area contributed by atoms with Crippen LogP contribution in [0.4, 0.5) is 0 Å². The van der Waals surface area contributed by atoms with Gasteiger partial charge in [0.2, 0.25) is 17.7 Å². The summed E-state index contributed by atoms with van der Waals surface area (Å²) in [4.78, 5) is 43.0. The first-order chi connectivity index (χ1) is 15.8. The number of rotatable bonds is 6. The molecule has 2 aliphatic rings. The monoisotopic (exact) mass is 452 g/mol. The summed E-state index contributed by atoms with van der Waals surface area (Å²) in [5.41, 5.74) is 1.30. The van der Waals surface area contributed by atoms with Gasteiger partial charge in [-0.15, -0.1) is 0 Å². The van der Waals surface area contributed by atoms with Crippen molar-refractivity contribution in [3.05, 3.63) is 36.0 Å². The van der Waals surface area contributed by atoms with Crippen molar-refractivity contribution in [3.63, 3.8) is 0 Å². The number of benzene rings is 1. The van der Waals surface area contributed by atoms with E-state index in [9.17, 15) is 14.4 Å². The number of likely N-dealkylation sites (tertiary alicyclic amines) is 1. The second-order valence-corrected chi connectivity index (χ2v) is 10.0. The number of amides is 2. The van der Waals surface area contributed by atoms with Crippen LogP contribution in [0.2, 0.25) is 0 Å². The van der Waals surface area contributed by atoms with E-state index in [1.54, 1.807) is 11.5 Å². The number of carbonyl (C=O) groups excluding carboxylic acids is 3. The van der Waals surface area contributed by atoms with Gasteiger partial charge in [-0.05, 0) is 43.2 Å². The zero-order valence-corrected chi connectivity index (χ0v) is 20.3. The summed E-state index contributed by atoms with van der Waals surface area (Å²) in [7, 11) is 0. The molecule has 7 nitrogen and oxygen atoms in total. The van der Waals surface area contributed by atoms with Crippen molar-refractivity contribution < 1.29 is 14.4 Å². The van der Waals surface area contributed by atoms with Crippen LogP contribution < -0.4 is 5.32 Å². The molecule has 2 aliphatic heterocycles. The average Bonchev–Trinajstić information content (AvgIpc) is 3.15. The van der Waals surface area contributed by atoms with Crippen LogP contribution in [-0.4, -0.2) is 63.3 Å². The van der Waals surface area contributed by atoms with Crippen molar-refractivity contribution in [2.24, 2.45) is 5.92 Å². The number of para-hydroxylation sites is 1. The summed E-state index contributed by atoms with van der Waals surface area (Å²) in [6, 6.07) is 7.56. The molecule has 1 atom stereocenters. The van der Waals surface area contributed by atoms with E-state index in [1.807, 2.05) is 29.3 Å².